The second kappa shape index (κ2) is 10.9. The number of anilines is 1. The number of halogens is 2. The Morgan fingerprint density at radius 3 is 2.49 bits per heavy atom. The normalized spacial score (nSPS) is 16.2. The van der Waals surface area contributed by atoms with Crippen LogP contribution in [0.3, 0.4) is 0 Å². The van der Waals surface area contributed by atoms with E-state index in [2.05, 4.69) is 5.32 Å². The quantitative estimate of drug-likeness (QED) is 0.299. The highest BCUT2D eigenvalue weighted by molar-refractivity contribution is 6.30. The predicted molar refractivity (Wildman–Crippen MR) is 128 cm³/mol. The second-order valence-electron chi connectivity index (χ2n) is 9.19. The van der Waals surface area contributed by atoms with Gasteiger partial charge in [-0.2, -0.15) is 0 Å². The molecular formula is C26H29F2N3O4. The van der Waals surface area contributed by atoms with Crippen LogP contribution in [0.1, 0.15) is 43.1 Å². The maximum Gasteiger partial charge on any atom is 0.320 e. The van der Waals surface area contributed by atoms with Gasteiger partial charge in [0.05, 0.1) is 17.7 Å². The summed E-state index contributed by atoms with van der Waals surface area (Å²) in [6.07, 6.45) is 1.01. The van der Waals surface area contributed by atoms with Crippen LogP contribution in [0.5, 0.6) is 0 Å². The molecule has 1 aliphatic rings. The van der Waals surface area contributed by atoms with E-state index in [1.165, 1.54) is 11.0 Å². The number of nitrogens with zero attached hydrogens (tertiary/aromatic N) is 1. The number of ketones is 1. The first-order chi connectivity index (χ1) is 16.5. The fraction of sp³-hybridized carbons (Fsp3) is 0.346. The van der Waals surface area contributed by atoms with Crippen LogP contribution in [0, 0.1) is 17.0 Å². The van der Waals surface area contributed by atoms with Gasteiger partial charge in [-0.3, -0.25) is 19.9 Å². The van der Waals surface area contributed by atoms with Crippen molar-refractivity contribution >= 4 is 23.3 Å². The molecule has 0 saturated carbocycles. The van der Waals surface area contributed by atoms with Gasteiger partial charge in [0.2, 0.25) is 0 Å². The molecule has 0 amide bonds. The van der Waals surface area contributed by atoms with Crippen molar-refractivity contribution in [1.82, 2.24) is 5.32 Å². The Kier molecular flexibility index (Phi) is 8.14. The van der Waals surface area contributed by atoms with E-state index < -0.39 is 29.2 Å². The number of aliphatic hydroxyl groups is 1. The summed E-state index contributed by atoms with van der Waals surface area (Å²) in [7, 11) is 0. The van der Waals surface area contributed by atoms with E-state index in [4.69, 9.17) is 10.1 Å². The standard InChI is InChI=1S/C26H29F2N3O4/c1-26(2,3)35-23(33)15-30-13-12-16-4-7-18(8-5-16)31-22(32)11-10-20(25(31)29)24(34)19-9-6-17(27)14-21(19)28/h4-10,14,22,29-30,32H,11-13,15H2,1-3H3. The van der Waals surface area contributed by atoms with Gasteiger partial charge < -0.3 is 15.2 Å². The van der Waals surface area contributed by atoms with Crippen LogP contribution < -0.4 is 10.2 Å². The van der Waals surface area contributed by atoms with E-state index in [0.29, 0.717) is 24.7 Å². The zero-order chi connectivity index (χ0) is 25.8. The molecule has 3 rings (SSSR count). The zero-order valence-electron chi connectivity index (χ0n) is 19.9. The molecule has 0 saturated heterocycles. The molecule has 3 N–H and O–H groups in total. The van der Waals surface area contributed by atoms with Crippen molar-refractivity contribution in [1.29, 1.82) is 5.41 Å². The summed E-state index contributed by atoms with van der Waals surface area (Å²) >= 11 is 0. The molecule has 9 heteroatoms. The summed E-state index contributed by atoms with van der Waals surface area (Å²) in [5.41, 5.74) is 0.507. The largest absolute Gasteiger partial charge is 0.459 e. The first-order valence-corrected chi connectivity index (χ1v) is 11.2. The molecule has 0 fully saturated rings. The molecule has 0 spiro atoms. The molecule has 1 unspecified atom stereocenters. The van der Waals surface area contributed by atoms with Gasteiger partial charge in [0.1, 0.15) is 29.3 Å². The van der Waals surface area contributed by atoms with Crippen LogP contribution in [-0.4, -0.2) is 47.6 Å². The number of hydrogen-bond acceptors (Lipinski definition) is 6. The van der Waals surface area contributed by atoms with Gasteiger partial charge in [-0.1, -0.05) is 18.2 Å². The Morgan fingerprint density at radius 1 is 1.17 bits per heavy atom. The summed E-state index contributed by atoms with van der Waals surface area (Å²) in [6, 6.07) is 9.72. The van der Waals surface area contributed by atoms with Crippen molar-refractivity contribution in [2.24, 2.45) is 0 Å². The number of rotatable bonds is 8. The van der Waals surface area contributed by atoms with E-state index in [0.717, 1.165) is 17.7 Å². The Hall–Kier alpha value is -3.43. The number of esters is 1. The third-order valence-electron chi connectivity index (χ3n) is 5.24. The SMILES string of the molecule is CC(C)(C)OC(=O)CNCCc1ccc(N2C(=N)C(C(=O)c3ccc(F)cc3F)=CCC2O)cc1. The van der Waals surface area contributed by atoms with Crippen molar-refractivity contribution in [3.63, 3.8) is 0 Å². The average Bonchev–Trinajstić information content (AvgIpc) is 2.76. The van der Waals surface area contributed by atoms with Crippen molar-refractivity contribution < 1.29 is 28.2 Å². The molecule has 2 aromatic rings. The molecule has 0 bridgehead atoms. The summed E-state index contributed by atoms with van der Waals surface area (Å²) in [6.45, 7) is 6.07. The van der Waals surface area contributed by atoms with E-state index in [9.17, 15) is 23.5 Å². The number of hydrogen-bond donors (Lipinski definition) is 3. The molecule has 2 aromatic carbocycles. The van der Waals surface area contributed by atoms with Gasteiger partial charge in [-0.25, -0.2) is 8.78 Å². The molecule has 0 aliphatic carbocycles. The monoisotopic (exact) mass is 485 g/mol. The van der Waals surface area contributed by atoms with Crippen molar-refractivity contribution in [2.75, 3.05) is 18.0 Å². The third kappa shape index (κ3) is 6.80. The maximum absolute atomic E-state index is 14.1. The van der Waals surface area contributed by atoms with Gasteiger partial charge in [0.25, 0.3) is 0 Å². The van der Waals surface area contributed by atoms with E-state index in [-0.39, 0.29) is 35.9 Å². The lowest BCUT2D eigenvalue weighted by Crippen LogP contribution is -2.45. The molecule has 0 radical (unpaired) electrons. The molecule has 1 heterocycles. The molecule has 1 aliphatic heterocycles. The fourth-order valence-electron chi connectivity index (χ4n) is 3.65. The summed E-state index contributed by atoms with van der Waals surface area (Å²) < 4.78 is 32.6. The number of benzene rings is 2. The first kappa shape index (κ1) is 26.2. The van der Waals surface area contributed by atoms with Crippen molar-refractivity contribution in [3.8, 4) is 0 Å². The van der Waals surface area contributed by atoms with Crippen LogP contribution in [-0.2, 0) is 16.0 Å². The van der Waals surface area contributed by atoms with Gasteiger partial charge >= 0.3 is 5.97 Å². The highest BCUT2D eigenvalue weighted by Crippen LogP contribution is 2.27. The maximum atomic E-state index is 14.1. The predicted octanol–water partition coefficient (Wildman–Crippen LogP) is 3.75. The average molecular weight is 486 g/mol. The van der Waals surface area contributed by atoms with Crippen LogP contribution in [0.15, 0.2) is 54.1 Å². The zero-order valence-corrected chi connectivity index (χ0v) is 19.9. The minimum atomic E-state index is -1.07. The summed E-state index contributed by atoms with van der Waals surface area (Å²) in [4.78, 5) is 25.9. The smallest absolute Gasteiger partial charge is 0.320 e. The Morgan fingerprint density at radius 2 is 1.86 bits per heavy atom. The van der Waals surface area contributed by atoms with Gasteiger partial charge in [0, 0.05) is 18.2 Å². The molecule has 0 aromatic heterocycles. The second-order valence-corrected chi connectivity index (χ2v) is 9.19. The number of ether oxygens (including phenoxy) is 1. The summed E-state index contributed by atoms with van der Waals surface area (Å²) in [5, 5.41) is 22.0. The van der Waals surface area contributed by atoms with Crippen LogP contribution in [0.2, 0.25) is 0 Å². The molecular weight excluding hydrogens is 456 g/mol. The van der Waals surface area contributed by atoms with Crippen LogP contribution >= 0.6 is 0 Å². The van der Waals surface area contributed by atoms with Crippen LogP contribution in [0.25, 0.3) is 0 Å². The number of nitrogens with one attached hydrogen (secondary N) is 2. The highest BCUT2D eigenvalue weighted by atomic mass is 19.1. The Bertz CT molecular complexity index is 1140. The number of carbonyl (C=O) groups excluding carboxylic acids is 2. The van der Waals surface area contributed by atoms with Gasteiger partial charge in [0.15, 0.2) is 5.78 Å². The minimum Gasteiger partial charge on any atom is -0.459 e. The number of aliphatic hydroxyl groups excluding tert-OH is 1. The van der Waals surface area contributed by atoms with Crippen molar-refractivity contribution in [3.05, 3.63) is 76.9 Å². The van der Waals surface area contributed by atoms with E-state index >= 15 is 0 Å². The topological polar surface area (TPSA) is 103 Å². The molecule has 1 atom stereocenters. The first-order valence-electron chi connectivity index (χ1n) is 11.2. The lowest BCUT2D eigenvalue weighted by atomic mass is 9.96. The van der Waals surface area contributed by atoms with Gasteiger partial charge in [-0.15, -0.1) is 0 Å². The van der Waals surface area contributed by atoms with E-state index in [1.807, 2.05) is 12.1 Å². The number of Topliss-reactive ketones (excluding diaryl/α,β-unsaturated/α-hetero) is 1. The minimum absolute atomic E-state index is 0.0581. The lowest BCUT2D eigenvalue weighted by Gasteiger charge is -2.34. The number of amidine groups is 1. The van der Waals surface area contributed by atoms with E-state index in [1.54, 1.807) is 32.9 Å². The highest BCUT2D eigenvalue weighted by Gasteiger charge is 2.31. The summed E-state index contributed by atoms with van der Waals surface area (Å²) in [5.74, 6) is -3.17. The lowest BCUT2D eigenvalue weighted by molar-refractivity contribution is -0.153. The van der Waals surface area contributed by atoms with Crippen LogP contribution in [0.4, 0.5) is 14.5 Å². The molecule has 7 nitrogen and oxygen atoms in total. The Balaban J connectivity index is 1.63. The molecule has 186 valence electrons. The van der Waals surface area contributed by atoms with Crippen molar-refractivity contribution in [2.45, 2.75) is 45.4 Å². The molecule has 35 heavy (non-hydrogen) atoms. The number of carbonyl (C=O) groups is 2. The van der Waals surface area contributed by atoms with Gasteiger partial charge in [-0.05, 0) is 63.6 Å². The Labute approximate surface area is 202 Å². The third-order valence-corrected chi connectivity index (χ3v) is 5.24. The fourth-order valence-corrected chi connectivity index (χ4v) is 3.65.